The summed E-state index contributed by atoms with van der Waals surface area (Å²) in [6.07, 6.45) is 0. The molecule has 0 bridgehead atoms. The predicted molar refractivity (Wildman–Crippen MR) is 72.5 cm³/mol. The normalized spacial score (nSPS) is 10.9. The van der Waals surface area contributed by atoms with Crippen molar-refractivity contribution in [2.45, 2.75) is 24.8 Å². The molecule has 7 nitrogen and oxygen atoms in total. The zero-order valence-electron chi connectivity index (χ0n) is 11.0. The van der Waals surface area contributed by atoms with Gasteiger partial charge in [-0.25, -0.2) is 0 Å². The number of aryl methyl sites for hydroxylation is 2. The molecule has 3 aromatic rings. The lowest BCUT2D eigenvalue weighted by atomic mass is 10.2. The Balaban J connectivity index is 1.78. The second-order valence-electron chi connectivity index (χ2n) is 4.23. The summed E-state index contributed by atoms with van der Waals surface area (Å²) in [6.45, 7) is 3.82. The molecular formula is C12H12N6OS. The van der Waals surface area contributed by atoms with Crippen LogP contribution in [0.5, 0.6) is 0 Å². The number of benzene rings is 1. The summed E-state index contributed by atoms with van der Waals surface area (Å²) in [5.74, 6) is 1.72. The van der Waals surface area contributed by atoms with Gasteiger partial charge >= 0.3 is 0 Å². The van der Waals surface area contributed by atoms with Gasteiger partial charge in [-0.15, -0.1) is 5.10 Å². The molecule has 0 saturated heterocycles. The molecule has 8 heteroatoms. The van der Waals surface area contributed by atoms with Gasteiger partial charge in [0.15, 0.2) is 5.82 Å². The molecule has 2 heterocycles. The maximum absolute atomic E-state index is 5.06. The third kappa shape index (κ3) is 2.69. The van der Waals surface area contributed by atoms with E-state index < -0.39 is 0 Å². The second kappa shape index (κ2) is 5.41. The summed E-state index contributed by atoms with van der Waals surface area (Å²) < 4.78 is 6.75. The zero-order chi connectivity index (χ0) is 13.9. The molecule has 2 aromatic heterocycles. The van der Waals surface area contributed by atoms with Crippen molar-refractivity contribution in [3.63, 3.8) is 0 Å². The predicted octanol–water partition coefficient (Wildman–Crippen LogP) is 1.95. The van der Waals surface area contributed by atoms with E-state index in [1.807, 2.05) is 31.2 Å². The van der Waals surface area contributed by atoms with Gasteiger partial charge in [-0.2, -0.15) is 9.67 Å². The highest BCUT2D eigenvalue weighted by atomic mass is 32.2. The zero-order valence-corrected chi connectivity index (χ0v) is 11.8. The standard InChI is InChI=1S/C12H12N6OS/c1-8-3-5-10(6-4-8)18-12(14-16-17-18)20-7-11-13-9(2)15-19-11/h3-6H,7H2,1-2H3. The van der Waals surface area contributed by atoms with E-state index in [9.17, 15) is 0 Å². The average molecular weight is 288 g/mol. The number of tetrazole rings is 1. The summed E-state index contributed by atoms with van der Waals surface area (Å²) in [6, 6.07) is 8.00. The van der Waals surface area contributed by atoms with E-state index in [-0.39, 0.29) is 0 Å². The highest BCUT2D eigenvalue weighted by Crippen LogP contribution is 2.21. The number of thioether (sulfide) groups is 1. The van der Waals surface area contributed by atoms with Crippen LogP contribution in [0, 0.1) is 13.8 Å². The first kappa shape index (κ1) is 12.8. The largest absolute Gasteiger partial charge is 0.338 e. The lowest BCUT2D eigenvalue weighted by Gasteiger charge is -2.03. The molecular weight excluding hydrogens is 276 g/mol. The highest BCUT2D eigenvalue weighted by Gasteiger charge is 2.11. The molecule has 0 unspecified atom stereocenters. The number of rotatable bonds is 4. The molecule has 20 heavy (non-hydrogen) atoms. The van der Waals surface area contributed by atoms with Gasteiger partial charge in [0, 0.05) is 0 Å². The summed E-state index contributed by atoms with van der Waals surface area (Å²) >= 11 is 1.45. The minimum Gasteiger partial charge on any atom is -0.338 e. The Kier molecular flexibility index (Phi) is 3.46. The molecule has 0 saturated carbocycles. The second-order valence-corrected chi connectivity index (χ2v) is 5.18. The van der Waals surface area contributed by atoms with E-state index in [1.54, 1.807) is 11.6 Å². The minimum absolute atomic E-state index is 0.535. The monoisotopic (exact) mass is 288 g/mol. The quantitative estimate of drug-likeness (QED) is 0.678. The first-order valence-corrected chi connectivity index (χ1v) is 6.98. The molecule has 0 atom stereocenters. The Bertz CT molecular complexity index is 705. The Morgan fingerprint density at radius 2 is 2.00 bits per heavy atom. The summed E-state index contributed by atoms with van der Waals surface area (Å²) in [5, 5.41) is 16.2. The van der Waals surface area contributed by atoms with E-state index in [2.05, 4.69) is 25.7 Å². The first-order chi connectivity index (χ1) is 9.72. The Morgan fingerprint density at radius 3 is 2.70 bits per heavy atom. The molecule has 1 aromatic carbocycles. The molecule has 0 aliphatic carbocycles. The van der Waals surface area contributed by atoms with Gasteiger partial charge in [-0.05, 0) is 36.4 Å². The first-order valence-electron chi connectivity index (χ1n) is 6.00. The van der Waals surface area contributed by atoms with Crippen LogP contribution in [-0.4, -0.2) is 30.3 Å². The number of hydrogen-bond acceptors (Lipinski definition) is 7. The molecule has 0 spiro atoms. The maximum atomic E-state index is 5.06. The van der Waals surface area contributed by atoms with E-state index in [4.69, 9.17) is 4.52 Å². The van der Waals surface area contributed by atoms with E-state index in [0.717, 1.165) is 5.69 Å². The van der Waals surface area contributed by atoms with Crippen molar-refractivity contribution in [3.05, 3.63) is 41.5 Å². The fourth-order valence-corrected chi connectivity index (χ4v) is 2.37. The fourth-order valence-electron chi connectivity index (χ4n) is 1.64. The van der Waals surface area contributed by atoms with Crippen LogP contribution >= 0.6 is 11.8 Å². The molecule has 0 fully saturated rings. The number of nitrogens with zero attached hydrogens (tertiary/aromatic N) is 6. The van der Waals surface area contributed by atoms with Crippen molar-refractivity contribution >= 4 is 11.8 Å². The van der Waals surface area contributed by atoms with Crippen LogP contribution < -0.4 is 0 Å². The van der Waals surface area contributed by atoms with Gasteiger partial charge in [0.05, 0.1) is 11.4 Å². The Hall–Kier alpha value is -2.22. The van der Waals surface area contributed by atoms with Gasteiger partial charge < -0.3 is 4.52 Å². The van der Waals surface area contributed by atoms with Gasteiger partial charge in [-0.1, -0.05) is 34.6 Å². The minimum atomic E-state index is 0.535. The molecule has 0 aliphatic heterocycles. The smallest absolute Gasteiger partial charge is 0.237 e. The SMILES string of the molecule is Cc1ccc(-n2nnnc2SCc2nc(C)no2)cc1. The molecule has 0 aliphatic rings. The summed E-state index contributed by atoms with van der Waals surface area (Å²) in [4.78, 5) is 4.15. The van der Waals surface area contributed by atoms with Gasteiger partial charge in [0.25, 0.3) is 0 Å². The third-order valence-corrected chi connectivity index (χ3v) is 3.52. The lowest BCUT2D eigenvalue weighted by Crippen LogP contribution is -1.99. The Labute approximate surface area is 119 Å². The fraction of sp³-hybridized carbons (Fsp3) is 0.250. The van der Waals surface area contributed by atoms with Crippen molar-refractivity contribution in [2.24, 2.45) is 0 Å². The van der Waals surface area contributed by atoms with Crippen LogP contribution in [0.1, 0.15) is 17.3 Å². The summed E-state index contributed by atoms with van der Waals surface area (Å²) in [7, 11) is 0. The van der Waals surface area contributed by atoms with Crippen LogP contribution in [-0.2, 0) is 5.75 Å². The van der Waals surface area contributed by atoms with Gasteiger partial charge in [0.2, 0.25) is 11.0 Å². The molecule has 0 radical (unpaired) electrons. The molecule has 102 valence electrons. The van der Waals surface area contributed by atoms with E-state index >= 15 is 0 Å². The molecule has 0 N–H and O–H groups in total. The molecule has 3 rings (SSSR count). The highest BCUT2D eigenvalue weighted by molar-refractivity contribution is 7.98. The van der Waals surface area contributed by atoms with E-state index in [0.29, 0.717) is 22.6 Å². The van der Waals surface area contributed by atoms with Crippen molar-refractivity contribution in [2.75, 3.05) is 0 Å². The topological polar surface area (TPSA) is 82.5 Å². The average Bonchev–Trinajstić information content (AvgIpc) is 3.06. The van der Waals surface area contributed by atoms with Gasteiger partial charge in [0.1, 0.15) is 0 Å². The van der Waals surface area contributed by atoms with Crippen LogP contribution in [0.25, 0.3) is 5.69 Å². The van der Waals surface area contributed by atoms with Crippen LogP contribution in [0.15, 0.2) is 33.9 Å². The van der Waals surface area contributed by atoms with Crippen LogP contribution in [0.2, 0.25) is 0 Å². The van der Waals surface area contributed by atoms with Crippen molar-refractivity contribution < 1.29 is 4.52 Å². The van der Waals surface area contributed by atoms with Gasteiger partial charge in [-0.3, -0.25) is 0 Å². The number of aromatic nitrogens is 6. The molecule has 0 amide bonds. The summed E-state index contributed by atoms with van der Waals surface area (Å²) in [5.41, 5.74) is 2.11. The Morgan fingerprint density at radius 1 is 1.20 bits per heavy atom. The van der Waals surface area contributed by atoms with Crippen LogP contribution in [0.3, 0.4) is 0 Å². The maximum Gasteiger partial charge on any atom is 0.237 e. The van der Waals surface area contributed by atoms with Crippen molar-refractivity contribution in [1.82, 2.24) is 30.3 Å². The van der Waals surface area contributed by atoms with E-state index in [1.165, 1.54) is 17.3 Å². The van der Waals surface area contributed by atoms with Crippen LogP contribution in [0.4, 0.5) is 0 Å². The lowest BCUT2D eigenvalue weighted by molar-refractivity contribution is 0.387. The third-order valence-electron chi connectivity index (χ3n) is 2.61. The number of hydrogen-bond donors (Lipinski definition) is 0. The van der Waals surface area contributed by atoms with Crippen molar-refractivity contribution in [3.8, 4) is 5.69 Å². The van der Waals surface area contributed by atoms with Crippen molar-refractivity contribution in [1.29, 1.82) is 0 Å².